The highest BCUT2D eigenvalue weighted by Gasteiger charge is 2.07. The lowest BCUT2D eigenvalue weighted by molar-refractivity contribution is 0.202. The molecule has 0 aliphatic carbocycles. The second-order valence-corrected chi connectivity index (χ2v) is 9.19. The van der Waals surface area contributed by atoms with E-state index in [9.17, 15) is 0 Å². The highest BCUT2D eigenvalue weighted by atomic mass is 35.5. The Labute approximate surface area is 75.1 Å². The molecule has 0 unspecified atom stereocenters. The summed E-state index contributed by atoms with van der Waals surface area (Å²) in [6, 6.07) is 0. The molecule has 0 saturated carbocycles. The Morgan fingerprint density at radius 1 is 1.45 bits per heavy atom. The molecule has 11 heavy (non-hydrogen) atoms. The van der Waals surface area contributed by atoms with Gasteiger partial charge in [-0.2, -0.15) is 0 Å². The van der Waals surface area contributed by atoms with E-state index >= 15 is 0 Å². The van der Waals surface area contributed by atoms with Gasteiger partial charge in [0.05, 0.1) is 14.2 Å². The summed E-state index contributed by atoms with van der Waals surface area (Å²) in [5.41, 5.74) is 2.22. The van der Waals surface area contributed by atoms with Gasteiger partial charge in [0, 0.05) is 5.88 Å². The first-order valence-corrected chi connectivity index (χ1v) is 7.98. The summed E-state index contributed by atoms with van der Waals surface area (Å²) in [6.07, 6.45) is 2.36. The van der Waals surface area contributed by atoms with Crippen LogP contribution in [0.2, 0.25) is 19.6 Å². The molecule has 0 aromatic carbocycles. The van der Waals surface area contributed by atoms with Crippen molar-refractivity contribution in [3.63, 3.8) is 0 Å². The summed E-state index contributed by atoms with van der Waals surface area (Å²) in [4.78, 5) is 0. The zero-order valence-corrected chi connectivity index (χ0v) is 9.23. The molecule has 0 fully saturated rings. The largest absolute Gasteiger partial charge is 0.392 e. The van der Waals surface area contributed by atoms with Gasteiger partial charge >= 0.3 is 0 Å². The molecule has 0 rings (SSSR count). The van der Waals surface area contributed by atoms with Crippen LogP contribution in [0.4, 0.5) is 0 Å². The summed E-state index contributed by atoms with van der Waals surface area (Å²) < 4.78 is 0. The Kier molecular flexibility index (Phi) is 5.05. The van der Waals surface area contributed by atoms with Crippen LogP contribution in [0.3, 0.4) is 0 Å². The van der Waals surface area contributed by atoms with E-state index in [4.69, 9.17) is 16.7 Å². The molecule has 1 nitrogen and oxygen atoms in total. The lowest BCUT2D eigenvalue weighted by atomic mass is 10.3. The standard InChI is InChI=1S/C8H17ClOSi/c1-11(2,3)6-4-5-8(10)7-9/h4,6,8,10H,5,7H2,1-3H3/b6-4+/t8-/m0/s1. The average molecular weight is 193 g/mol. The molecule has 0 amide bonds. The molecule has 0 aliphatic rings. The second-order valence-electron chi connectivity index (χ2n) is 3.81. The lowest BCUT2D eigenvalue weighted by Gasteiger charge is -2.08. The van der Waals surface area contributed by atoms with Crippen LogP contribution >= 0.6 is 11.6 Å². The fourth-order valence-corrected chi connectivity index (χ4v) is 1.61. The van der Waals surface area contributed by atoms with Crippen molar-refractivity contribution in [2.75, 3.05) is 5.88 Å². The van der Waals surface area contributed by atoms with Crippen molar-refractivity contribution in [1.82, 2.24) is 0 Å². The summed E-state index contributed by atoms with van der Waals surface area (Å²) in [6.45, 7) is 6.78. The molecule has 1 atom stereocenters. The van der Waals surface area contributed by atoms with Gasteiger partial charge in [-0.3, -0.25) is 0 Å². The van der Waals surface area contributed by atoms with Gasteiger partial charge in [0.15, 0.2) is 0 Å². The maximum atomic E-state index is 9.09. The Morgan fingerprint density at radius 2 is 2.00 bits per heavy atom. The van der Waals surface area contributed by atoms with Crippen LogP contribution in [-0.4, -0.2) is 25.2 Å². The van der Waals surface area contributed by atoms with Crippen molar-refractivity contribution in [2.24, 2.45) is 0 Å². The first-order valence-electron chi connectivity index (χ1n) is 3.87. The molecule has 0 saturated heterocycles. The minimum atomic E-state index is -1.07. The number of hydrogen-bond acceptors (Lipinski definition) is 1. The number of halogens is 1. The molecule has 3 heteroatoms. The van der Waals surface area contributed by atoms with Crippen LogP contribution < -0.4 is 0 Å². The Balaban J connectivity index is 3.61. The first-order chi connectivity index (χ1) is 4.95. The summed E-state index contributed by atoms with van der Waals surface area (Å²) in [7, 11) is -1.07. The zero-order valence-electron chi connectivity index (χ0n) is 7.47. The van der Waals surface area contributed by atoms with E-state index in [1.807, 2.05) is 6.08 Å². The van der Waals surface area contributed by atoms with Crippen molar-refractivity contribution in [2.45, 2.75) is 32.2 Å². The summed E-state index contributed by atoms with van der Waals surface area (Å²) in [5.74, 6) is 0.329. The highest BCUT2D eigenvalue weighted by Crippen LogP contribution is 2.04. The molecule has 0 spiro atoms. The smallest absolute Gasteiger partial charge is 0.0709 e. The predicted molar refractivity (Wildman–Crippen MR) is 53.8 cm³/mol. The number of hydrogen-bond donors (Lipinski definition) is 1. The van der Waals surface area contributed by atoms with Gasteiger partial charge in [0.1, 0.15) is 0 Å². The normalized spacial score (nSPS) is 15.7. The molecular weight excluding hydrogens is 176 g/mol. The van der Waals surface area contributed by atoms with E-state index in [0.717, 1.165) is 0 Å². The van der Waals surface area contributed by atoms with E-state index in [1.165, 1.54) is 0 Å². The maximum Gasteiger partial charge on any atom is 0.0709 e. The van der Waals surface area contributed by atoms with Crippen LogP contribution in [0.25, 0.3) is 0 Å². The Morgan fingerprint density at radius 3 is 2.36 bits per heavy atom. The minimum Gasteiger partial charge on any atom is -0.392 e. The van der Waals surface area contributed by atoms with Gasteiger partial charge in [-0.25, -0.2) is 0 Å². The molecule has 0 aromatic rings. The van der Waals surface area contributed by atoms with Gasteiger partial charge in [0.2, 0.25) is 0 Å². The SMILES string of the molecule is C[Si](C)(C)/C=C/C[C@H](O)CCl. The van der Waals surface area contributed by atoms with Crippen LogP contribution in [0.5, 0.6) is 0 Å². The van der Waals surface area contributed by atoms with Gasteiger partial charge in [-0.1, -0.05) is 31.4 Å². The molecular formula is C8H17ClOSi. The van der Waals surface area contributed by atoms with Gasteiger partial charge in [-0.15, -0.1) is 11.6 Å². The number of aliphatic hydroxyl groups excluding tert-OH is 1. The van der Waals surface area contributed by atoms with Gasteiger partial charge in [0.25, 0.3) is 0 Å². The average Bonchev–Trinajstić information content (AvgIpc) is 1.85. The second kappa shape index (κ2) is 4.96. The molecule has 0 aromatic heterocycles. The monoisotopic (exact) mass is 192 g/mol. The third kappa shape index (κ3) is 8.11. The fraction of sp³-hybridized carbons (Fsp3) is 0.750. The van der Waals surface area contributed by atoms with Crippen LogP contribution in [0.15, 0.2) is 11.8 Å². The van der Waals surface area contributed by atoms with Gasteiger partial charge < -0.3 is 5.11 Å². The summed E-state index contributed by atoms with van der Waals surface area (Å²) in [5, 5.41) is 9.09. The minimum absolute atomic E-state index is 0.329. The van der Waals surface area contributed by atoms with E-state index in [-0.39, 0.29) is 6.10 Å². The van der Waals surface area contributed by atoms with Crippen molar-refractivity contribution in [3.05, 3.63) is 11.8 Å². The van der Waals surface area contributed by atoms with E-state index in [0.29, 0.717) is 12.3 Å². The molecule has 66 valence electrons. The Bertz CT molecular complexity index is 129. The van der Waals surface area contributed by atoms with Crippen LogP contribution in [0, 0.1) is 0 Å². The van der Waals surface area contributed by atoms with Crippen molar-refractivity contribution in [3.8, 4) is 0 Å². The first kappa shape index (κ1) is 11.2. The molecule has 0 heterocycles. The van der Waals surface area contributed by atoms with E-state index in [1.54, 1.807) is 0 Å². The van der Waals surface area contributed by atoms with Gasteiger partial charge in [-0.05, 0) is 6.42 Å². The third-order valence-electron chi connectivity index (χ3n) is 1.20. The Hall–Kier alpha value is 0.207. The predicted octanol–water partition coefficient (Wildman–Crippen LogP) is 2.41. The van der Waals surface area contributed by atoms with Crippen LogP contribution in [-0.2, 0) is 0 Å². The highest BCUT2D eigenvalue weighted by molar-refractivity contribution is 6.80. The fourth-order valence-electron chi connectivity index (χ4n) is 0.642. The maximum absolute atomic E-state index is 9.09. The van der Waals surface area contributed by atoms with E-state index < -0.39 is 8.07 Å². The molecule has 1 N–H and O–H groups in total. The number of aliphatic hydroxyl groups is 1. The molecule has 0 radical (unpaired) electrons. The lowest BCUT2D eigenvalue weighted by Crippen LogP contribution is -2.16. The topological polar surface area (TPSA) is 20.2 Å². The van der Waals surface area contributed by atoms with Crippen molar-refractivity contribution >= 4 is 19.7 Å². The van der Waals surface area contributed by atoms with Crippen molar-refractivity contribution in [1.29, 1.82) is 0 Å². The third-order valence-corrected chi connectivity index (χ3v) is 2.80. The molecule has 0 bridgehead atoms. The van der Waals surface area contributed by atoms with Crippen molar-refractivity contribution < 1.29 is 5.11 Å². The number of rotatable bonds is 4. The quantitative estimate of drug-likeness (QED) is 0.536. The van der Waals surface area contributed by atoms with E-state index in [2.05, 4.69) is 25.3 Å². The zero-order chi connectivity index (χ0) is 8.91. The van der Waals surface area contributed by atoms with Crippen LogP contribution in [0.1, 0.15) is 6.42 Å². The summed E-state index contributed by atoms with van der Waals surface area (Å²) >= 11 is 5.43. The molecule has 0 aliphatic heterocycles. The number of alkyl halides is 1.